The maximum Gasteiger partial charge on any atom is 0.123 e. The number of aryl methyl sites for hydroxylation is 1. The van der Waals surface area contributed by atoms with Gasteiger partial charge in [0.05, 0.1) is 15.5 Å². The van der Waals surface area contributed by atoms with Gasteiger partial charge in [0.2, 0.25) is 0 Å². The first-order chi connectivity index (χ1) is 12.0. The third kappa shape index (κ3) is 3.88. The Balaban J connectivity index is 1.88. The fraction of sp³-hybridized carbons (Fsp3) is 0.182. The topological polar surface area (TPSA) is 17.1 Å². The molecule has 128 valence electrons. The van der Waals surface area contributed by atoms with Gasteiger partial charge in [0.15, 0.2) is 0 Å². The quantitative estimate of drug-likeness (QED) is 0.714. The van der Waals surface area contributed by atoms with Gasteiger partial charge >= 0.3 is 0 Å². The van der Waals surface area contributed by atoms with Crippen LogP contribution in [0.3, 0.4) is 0 Å². The van der Waals surface area contributed by atoms with E-state index in [1.165, 1.54) is 12.1 Å². The second kappa shape index (κ2) is 7.32. The molecule has 0 aromatic heterocycles. The predicted octanol–water partition coefficient (Wildman–Crippen LogP) is 5.46. The standard InChI is InChI=1S/C22H21FOS/c1-17-6-14-21(15-7-17)25(24)22(2)16-4-3-5-19(22)11-8-18-9-12-20(23)13-10-18/h3-16,19H,1-2H3/b11-8+. The van der Waals surface area contributed by atoms with Gasteiger partial charge < -0.3 is 0 Å². The van der Waals surface area contributed by atoms with Crippen molar-refractivity contribution in [1.29, 1.82) is 0 Å². The zero-order valence-electron chi connectivity index (χ0n) is 14.4. The number of allylic oxidation sites excluding steroid dienone is 4. The molecule has 0 amide bonds. The van der Waals surface area contributed by atoms with Gasteiger partial charge in [-0.1, -0.05) is 66.3 Å². The second-order valence-corrected chi connectivity index (χ2v) is 8.33. The van der Waals surface area contributed by atoms with Crippen molar-refractivity contribution in [3.8, 4) is 0 Å². The number of benzene rings is 2. The summed E-state index contributed by atoms with van der Waals surface area (Å²) in [4.78, 5) is 0.827. The molecule has 0 saturated heterocycles. The van der Waals surface area contributed by atoms with Crippen LogP contribution in [0.15, 0.2) is 83.8 Å². The minimum absolute atomic E-state index is 0.00955. The number of hydrogen-bond donors (Lipinski definition) is 0. The van der Waals surface area contributed by atoms with Crippen LogP contribution in [0.2, 0.25) is 0 Å². The molecule has 2 aromatic carbocycles. The van der Waals surface area contributed by atoms with E-state index in [-0.39, 0.29) is 11.7 Å². The van der Waals surface area contributed by atoms with Crippen LogP contribution < -0.4 is 0 Å². The lowest BCUT2D eigenvalue weighted by Crippen LogP contribution is -2.36. The van der Waals surface area contributed by atoms with E-state index in [4.69, 9.17) is 0 Å². The maximum atomic E-state index is 13.2. The van der Waals surface area contributed by atoms with E-state index in [1.807, 2.05) is 68.5 Å². The molecule has 3 unspecified atom stereocenters. The zero-order valence-corrected chi connectivity index (χ0v) is 15.2. The van der Waals surface area contributed by atoms with Crippen molar-refractivity contribution in [2.24, 2.45) is 5.92 Å². The van der Waals surface area contributed by atoms with Crippen LogP contribution in [0, 0.1) is 18.7 Å². The molecule has 0 aliphatic heterocycles. The molecule has 1 aliphatic rings. The van der Waals surface area contributed by atoms with Crippen LogP contribution in [0.5, 0.6) is 0 Å². The van der Waals surface area contributed by atoms with Crippen LogP contribution in [0.1, 0.15) is 18.1 Å². The Hall–Kier alpha value is -2.26. The van der Waals surface area contributed by atoms with Gasteiger partial charge in [-0.25, -0.2) is 4.39 Å². The molecule has 1 aliphatic carbocycles. The van der Waals surface area contributed by atoms with E-state index in [9.17, 15) is 8.60 Å². The Morgan fingerprint density at radius 3 is 2.40 bits per heavy atom. The highest BCUT2D eigenvalue weighted by atomic mass is 32.2. The molecule has 0 radical (unpaired) electrons. The van der Waals surface area contributed by atoms with Crippen molar-refractivity contribution >= 4 is 16.9 Å². The molecular formula is C22H21FOS. The molecule has 3 atom stereocenters. The first-order valence-corrected chi connectivity index (χ1v) is 9.42. The van der Waals surface area contributed by atoms with Crippen molar-refractivity contribution in [3.63, 3.8) is 0 Å². The van der Waals surface area contributed by atoms with Gasteiger partial charge in [0, 0.05) is 10.8 Å². The van der Waals surface area contributed by atoms with Crippen molar-refractivity contribution in [2.45, 2.75) is 23.5 Å². The molecule has 0 N–H and O–H groups in total. The van der Waals surface area contributed by atoms with Gasteiger partial charge in [-0.2, -0.15) is 0 Å². The monoisotopic (exact) mass is 352 g/mol. The highest BCUT2D eigenvalue weighted by Crippen LogP contribution is 2.35. The molecule has 1 nitrogen and oxygen atoms in total. The van der Waals surface area contributed by atoms with Gasteiger partial charge in [0.1, 0.15) is 5.82 Å². The van der Waals surface area contributed by atoms with Crippen molar-refractivity contribution in [1.82, 2.24) is 0 Å². The van der Waals surface area contributed by atoms with Crippen molar-refractivity contribution in [3.05, 3.63) is 95.9 Å². The van der Waals surface area contributed by atoms with Gasteiger partial charge in [-0.15, -0.1) is 0 Å². The summed E-state index contributed by atoms with van der Waals surface area (Å²) in [5, 5.41) is 0. The molecule has 0 fully saturated rings. The Labute approximate surface area is 151 Å². The minimum atomic E-state index is -1.18. The Morgan fingerprint density at radius 2 is 1.72 bits per heavy atom. The highest BCUT2D eigenvalue weighted by molar-refractivity contribution is 7.86. The lowest BCUT2D eigenvalue weighted by Gasteiger charge is -2.32. The average molecular weight is 352 g/mol. The molecule has 3 rings (SSSR count). The Morgan fingerprint density at radius 1 is 1.04 bits per heavy atom. The van der Waals surface area contributed by atoms with E-state index in [0.29, 0.717) is 0 Å². The summed E-state index contributed by atoms with van der Waals surface area (Å²) in [7, 11) is -1.18. The van der Waals surface area contributed by atoms with E-state index >= 15 is 0 Å². The van der Waals surface area contributed by atoms with Crippen LogP contribution >= 0.6 is 0 Å². The van der Waals surface area contributed by atoms with E-state index in [2.05, 4.69) is 6.08 Å². The minimum Gasteiger partial charge on any atom is -0.253 e. The largest absolute Gasteiger partial charge is 0.253 e. The summed E-state index contributed by atoms with van der Waals surface area (Å²) in [6.45, 7) is 4.04. The molecule has 25 heavy (non-hydrogen) atoms. The average Bonchev–Trinajstić information content (AvgIpc) is 2.62. The van der Waals surface area contributed by atoms with Crippen LogP contribution in [0.25, 0.3) is 6.08 Å². The van der Waals surface area contributed by atoms with Crippen LogP contribution in [-0.4, -0.2) is 8.96 Å². The maximum absolute atomic E-state index is 13.2. The zero-order chi connectivity index (χ0) is 17.9. The van der Waals surface area contributed by atoms with Gasteiger partial charge in [0.25, 0.3) is 0 Å². The van der Waals surface area contributed by atoms with Crippen molar-refractivity contribution in [2.75, 3.05) is 0 Å². The number of hydrogen-bond acceptors (Lipinski definition) is 1. The smallest absolute Gasteiger partial charge is 0.123 e. The van der Waals surface area contributed by atoms with E-state index in [1.54, 1.807) is 12.1 Å². The summed E-state index contributed by atoms with van der Waals surface area (Å²) in [5.74, 6) is -0.257. The predicted molar refractivity (Wildman–Crippen MR) is 103 cm³/mol. The normalized spacial score (nSPS) is 23.9. The fourth-order valence-electron chi connectivity index (χ4n) is 2.88. The second-order valence-electron chi connectivity index (χ2n) is 6.45. The summed E-state index contributed by atoms with van der Waals surface area (Å²) in [6, 6.07) is 14.2. The fourth-order valence-corrected chi connectivity index (χ4v) is 4.38. The van der Waals surface area contributed by atoms with Gasteiger partial charge in [-0.05, 0) is 43.7 Å². The Kier molecular flexibility index (Phi) is 5.14. The first-order valence-electron chi connectivity index (χ1n) is 8.27. The van der Waals surface area contributed by atoms with E-state index in [0.717, 1.165) is 16.0 Å². The summed E-state index contributed by atoms with van der Waals surface area (Å²) in [5.41, 5.74) is 2.07. The van der Waals surface area contributed by atoms with Crippen LogP contribution in [0.4, 0.5) is 4.39 Å². The van der Waals surface area contributed by atoms with E-state index < -0.39 is 15.5 Å². The Bertz CT molecular complexity index is 847. The lowest BCUT2D eigenvalue weighted by atomic mass is 9.88. The lowest BCUT2D eigenvalue weighted by molar-refractivity contribution is 0.603. The van der Waals surface area contributed by atoms with Crippen LogP contribution in [-0.2, 0) is 10.8 Å². The molecular weight excluding hydrogens is 331 g/mol. The summed E-state index contributed by atoms with van der Waals surface area (Å²) >= 11 is 0. The molecule has 0 spiro atoms. The molecule has 0 bridgehead atoms. The number of rotatable bonds is 4. The molecule has 2 aromatic rings. The third-order valence-corrected chi connectivity index (χ3v) is 6.43. The summed E-state index contributed by atoms with van der Waals surface area (Å²) in [6.07, 6.45) is 12.0. The highest BCUT2D eigenvalue weighted by Gasteiger charge is 2.37. The SMILES string of the molecule is Cc1ccc(S(=O)C2(C)C=CC=CC2/C=C/c2ccc(F)cc2)cc1. The van der Waals surface area contributed by atoms with Gasteiger partial charge in [-0.3, -0.25) is 4.21 Å². The molecule has 0 heterocycles. The van der Waals surface area contributed by atoms with Crippen molar-refractivity contribution < 1.29 is 8.60 Å². The first kappa shape index (κ1) is 17.6. The summed E-state index contributed by atoms with van der Waals surface area (Å²) < 4.78 is 25.8. The molecule has 3 heteroatoms. The number of halogens is 1. The molecule has 0 saturated carbocycles. The third-order valence-electron chi connectivity index (χ3n) is 4.52.